The van der Waals surface area contributed by atoms with Crippen molar-refractivity contribution in [3.05, 3.63) is 29.8 Å². The van der Waals surface area contributed by atoms with Crippen LogP contribution in [0.4, 0.5) is 0 Å². The number of carbonyl (C=O) groups is 1. The van der Waals surface area contributed by atoms with Crippen molar-refractivity contribution >= 4 is 5.91 Å². The fourth-order valence-electron chi connectivity index (χ4n) is 2.77. The molecule has 1 aliphatic heterocycles. The molecule has 1 amide bonds. The minimum atomic E-state index is -0.334. The van der Waals surface area contributed by atoms with E-state index in [-0.39, 0.29) is 24.1 Å². The Morgan fingerprint density at radius 1 is 1.21 bits per heavy atom. The quantitative estimate of drug-likeness (QED) is 0.837. The number of fused-ring (bicyclic) bond motifs is 1. The van der Waals surface area contributed by atoms with Gasteiger partial charge >= 0.3 is 0 Å². The fraction of sp³-hybridized carbons (Fsp3) is 0.562. The third-order valence-electron chi connectivity index (χ3n) is 3.56. The maximum atomic E-state index is 12.6. The Morgan fingerprint density at radius 3 is 2.47 bits per heavy atom. The number of hydrogen-bond acceptors (Lipinski definition) is 2. The van der Waals surface area contributed by atoms with Crippen molar-refractivity contribution in [2.45, 2.75) is 58.7 Å². The second kappa shape index (κ2) is 5.64. The fourth-order valence-corrected chi connectivity index (χ4v) is 2.77. The summed E-state index contributed by atoms with van der Waals surface area (Å²) in [5.74, 6) is 0.971. The lowest BCUT2D eigenvalue weighted by atomic mass is 10.0. The molecule has 3 heteroatoms. The second-order valence-electron chi connectivity index (χ2n) is 5.69. The molecule has 0 spiro atoms. The highest BCUT2D eigenvalue weighted by molar-refractivity contribution is 5.82. The van der Waals surface area contributed by atoms with Crippen LogP contribution in [0.25, 0.3) is 0 Å². The average molecular weight is 261 g/mol. The SMILES string of the molecule is CC(C)N(C(=O)C1CCc2ccccc2O1)C(C)C. The molecule has 0 aromatic heterocycles. The lowest BCUT2D eigenvalue weighted by Gasteiger charge is -2.35. The van der Waals surface area contributed by atoms with Gasteiger partial charge in [-0.25, -0.2) is 0 Å². The van der Waals surface area contributed by atoms with Crippen LogP contribution in [-0.4, -0.2) is 29.0 Å². The molecule has 2 rings (SSSR count). The molecule has 1 atom stereocenters. The van der Waals surface area contributed by atoms with E-state index in [9.17, 15) is 4.79 Å². The highest BCUT2D eigenvalue weighted by Crippen LogP contribution is 2.28. The topological polar surface area (TPSA) is 29.5 Å². The van der Waals surface area contributed by atoms with Crippen molar-refractivity contribution < 1.29 is 9.53 Å². The van der Waals surface area contributed by atoms with Gasteiger partial charge in [-0.15, -0.1) is 0 Å². The lowest BCUT2D eigenvalue weighted by molar-refractivity contribution is -0.143. The number of rotatable bonds is 3. The normalized spacial score (nSPS) is 18.1. The van der Waals surface area contributed by atoms with Gasteiger partial charge in [-0.05, 0) is 52.2 Å². The Hall–Kier alpha value is -1.51. The predicted molar refractivity (Wildman–Crippen MR) is 76.3 cm³/mol. The van der Waals surface area contributed by atoms with Crippen molar-refractivity contribution in [1.29, 1.82) is 0 Å². The molecule has 1 heterocycles. The first kappa shape index (κ1) is 13.9. The molecule has 0 bridgehead atoms. The highest BCUT2D eigenvalue weighted by Gasteiger charge is 2.32. The van der Waals surface area contributed by atoms with Crippen molar-refractivity contribution in [3.8, 4) is 5.75 Å². The van der Waals surface area contributed by atoms with E-state index < -0.39 is 0 Å². The Bertz CT molecular complexity index is 446. The summed E-state index contributed by atoms with van der Waals surface area (Å²) in [4.78, 5) is 14.5. The Morgan fingerprint density at radius 2 is 1.84 bits per heavy atom. The Labute approximate surface area is 115 Å². The molecule has 3 nitrogen and oxygen atoms in total. The van der Waals surface area contributed by atoms with Crippen LogP contribution in [-0.2, 0) is 11.2 Å². The van der Waals surface area contributed by atoms with E-state index in [4.69, 9.17) is 4.74 Å². The molecule has 0 radical (unpaired) electrons. The number of benzene rings is 1. The first-order valence-corrected chi connectivity index (χ1v) is 7.07. The van der Waals surface area contributed by atoms with Gasteiger partial charge in [0.15, 0.2) is 6.10 Å². The van der Waals surface area contributed by atoms with Crippen LogP contribution in [0.5, 0.6) is 5.75 Å². The monoisotopic (exact) mass is 261 g/mol. The third-order valence-corrected chi connectivity index (χ3v) is 3.56. The molecule has 0 aliphatic carbocycles. The minimum Gasteiger partial charge on any atom is -0.480 e. The summed E-state index contributed by atoms with van der Waals surface area (Å²) < 4.78 is 5.88. The minimum absolute atomic E-state index is 0.111. The number of para-hydroxylation sites is 1. The zero-order valence-electron chi connectivity index (χ0n) is 12.2. The van der Waals surface area contributed by atoms with Crippen LogP contribution in [0.15, 0.2) is 24.3 Å². The maximum Gasteiger partial charge on any atom is 0.264 e. The van der Waals surface area contributed by atoms with E-state index in [0.717, 1.165) is 18.6 Å². The molecule has 1 aromatic rings. The van der Waals surface area contributed by atoms with Gasteiger partial charge in [-0.2, -0.15) is 0 Å². The van der Waals surface area contributed by atoms with Gasteiger partial charge in [0, 0.05) is 12.1 Å². The summed E-state index contributed by atoms with van der Waals surface area (Å²) in [7, 11) is 0. The molecule has 1 aliphatic rings. The van der Waals surface area contributed by atoms with Crippen LogP contribution in [0.1, 0.15) is 39.7 Å². The zero-order chi connectivity index (χ0) is 14.0. The molecule has 1 unspecified atom stereocenters. The highest BCUT2D eigenvalue weighted by atomic mass is 16.5. The first-order valence-electron chi connectivity index (χ1n) is 7.07. The largest absolute Gasteiger partial charge is 0.480 e. The molecule has 0 saturated carbocycles. The van der Waals surface area contributed by atoms with Gasteiger partial charge in [0.25, 0.3) is 5.91 Å². The van der Waals surface area contributed by atoms with Gasteiger partial charge in [-0.3, -0.25) is 4.79 Å². The van der Waals surface area contributed by atoms with Gasteiger partial charge < -0.3 is 9.64 Å². The maximum absolute atomic E-state index is 12.6. The summed E-state index contributed by atoms with van der Waals surface area (Å²) in [5.41, 5.74) is 1.20. The van der Waals surface area contributed by atoms with Gasteiger partial charge in [0.2, 0.25) is 0 Å². The summed E-state index contributed by atoms with van der Waals surface area (Å²) in [6.45, 7) is 8.20. The van der Waals surface area contributed by atoms with Crippen molar-refractivity contribution in [3.63, 3.8) is 0 Å². The molecule has 1 aromatic carbocycles. The van der Waals surface area contributed by atoms with Crippen molar-refractivity contribution in [1.82, 2.24) is 4.90 Å². The molecule has 0 saturated heterocycles. The number of carbonyl (C=O) groups excluding carboxylic acids is 1. The first-order chi connectivity index (χ1) is 9.00. The van der Waals surface area contributed by atoms with Crippen LogP contribution in [0.3, 0.4) is 0 Å². The number of ether oxygens (including phenoxy) is 1. The van der Waals surface area contributed by atoms with E-state index in [1.807, 2.05) is 23.1 Å². The molecule has 0 fully saturated rings. The molecular formula is C16H23NO2. The molecule has 0 N–H and O–H groups in total. The molecular weight excluding hydrogens is 238 g/mol. The summed E-state index contributed by atoms with van der Waals surface area (Å²) in [6.07, 6.45) is 1.35. The van der Waals surface area contributed by atoms with E-state index in [0.29, 0.717) is 0 Å². The zero-order valence-corrected chi connectivity index (χ0v) is 12.2. The van der Waals surface area contributed by atoms with Crippen LogP contribution < -0.4 is 4.74 Å². The van der Waals surface area contributed by atoms with Crippen molar-refractivity contribution in [2.75, 3.05) is 0 Å². The standard InChI is InChI=1S/C16H23NO2/c1-11(2)17(12(3)4)16(18)15-10-9-13-7-5-6-8-14(13)19-15/h5-8,11-12,15H,9-10H2,1-4H3. The summed E-state index contributed by atoms with van der Waals surface area (Å²) in [5, 5.41) is 0. The number of hydrogen-bond donors (Lipinski definition) is 0. The summed E-state index contributed by atoms with van der Waals surface area (Å²) in [6, 6.07) is 8.39. The Kier molecular flexibility index (Phi) is 4.13. The predicted octanol–water partition coefficient (Wildman–Crippen LogP) is 3.03. The van der Waals surface area contributed by atoms with Crippen LogP contribution in [0, 0.1) is 0 Å². The van der Waals surface area contributed by atoms with E-state index >= 15 is 0 Å². The van der Waals surface area contributed by atoms with Gasteiger partial charge in [-0.1, -0.05) is 18.2 Å². The number of nitrogens with zero attached hydrogens (tertiary/aromatic N) is 1. The smallest absolute Gasteiger partial charge is 0.264 e. The van der Waals surface area contributed by atoms with Gasteiger partial charge in [0.1, 0.15) is 5.75 Å². The molecule has 104 valence electrons. The molecule has 19 heavy (non-hydrogen) atoms. The average Bonchev–Trinajstić information content (AvgIpc) is 2.37. The van der Waals surface area contributed by atoms with E-state index in [1.54, 1.807) is 0 Å². The second-order valence-corrected chi connectivity index (χ2v) is 5.69. The van der Waals surface area contributed by atoms with E-state index in [1.165, 1.54) is 5.56 Å². The van der Waals surface area contributed by atoms with Gasteiger partial charge in [0.05, 0.1) is 0 Å². The number of amides is 1. The van der Waals surface area contributed by atoms with Crippen molar-refractivity contribution in [2.24, 2.45) is 0 Å². The summed E-state index contributed by atoms with van der Waals surface area (Å²) >= 11 is 0. The van der Waals surface area contributed by atoms with E-state index in [2.05, 4.69) is 33.8 Å². The third kappa shape index (κ3) is 2.91. The number of aryl methyl sites for hydroxylation is 1. The van der Waals surface area contributed by atoms with Crippen LogP contribution in [0.2, 0.25) is 0 Å². The van der Waals surface area contributed by atoms with Crippen LogP contribution >= 0.6 is 0 Å². The Balaban J connectivity index is 2.14. The lowest BCUT2D eigenvalue weighted by Crippen LogP contribution is -2.49.